The molecule has 1 aliphatic heterocycles. The summed E-state index contributed by atoms with van der Waals surface area (Å²) < 4.78 is 11.4. The quantitative estimate of drug-likeness (QED) is 0.686. The molecule has 1 unspecified atom stereocenters. The molecule has 0 aromatic heterocycles. The van der Waals surface area contributed by atoms with E-state index in [1.54, 1.807) is 7.11 Å². The third kappa shape index (κ3) is 5.05. The van der Waals surface area contributed by atoms with Gasteiger partial charge in [0.05, 0.1) is 11.7 Å². The zero-order chi connectivity index (χ0) is 13.4. The topological polar surface area (TPSA) is 30.5 Å². The second kappa shape index (κ2) is 8.23. The van der Waals surface area contributed by atoms with Crippen molar-refractivity contribution in [1.82, 2.24) is 5.32 Å². The fourth-order valence-corrected chi connectivity index (χ4v) is 3.54. The van der Waals surface area contributed by atoms with E-state index < -0.39 is 0 Å². The largest absolute Gasteiger partial charge is 0.385 e. The summed E-state index contributed by atoms with van der Waals surface area (Å²) in [6.45, 7) is 3.07. The molecule has 0 amide bonds. The smallest absolute Gasteiger partial charge is 0.0708 e. The Bertz CT molecular complexity index is 239. The molecular formula is C16H31NO2. The molecule has 1 saturated heterocycles. The Kier molecular flexibility index (Phi) is 6.62. The lowest BCUT2D eigenvalue weighted by molar-refractivity contribution is -0.0623. The van der Waals surface area contributed by atoms with Gasteiger partial charge in [-0.25, -0.2) is 0 Å². The van der Waals surface area contributed by atoms with Gasteiger partial charge >= 0.3 is 0 Å². The van der Waals surface area contributed by atoms with Gasteiger partial charge in [0.15, 0.2) is 0 Å². The third-order valence-corrected chi connectivity index (χ3v) is 4.68. The first-order valence-corrected chi connectivity index (χ1v) is 8.22. The first-order valence-electron chi connectivity index (χ1n) is 8.22. The average molecular weight is 269 g/mol. The van der Waals surface area contributed by atoms with Crippen molar-refractivity contribution < 1.29 is 9.47 Å². The van der Waals surface area contributed by atoms with Gasteiger partial charge in [0, 0.05) is 20.3 Å². The minimum Gasteiger partial charge on any atom is -0.385 e. The van der Waals surface area contributed by atoms with E-state index in [2.05, 4.69) is 5.32 Å². The molecule has 0 radical (unpaired) electrons. The lowest BCUT2D eigenvalue weighted by Gasteiger charge is -2.33. The number of unbranched alkanes of at least 4 members (excludes halogenated alkanes) is 2. The molecule has 1 saturated carbocycles. The van der Waals surface area contributed by atoms with Crippen molar-refractivity contribution >= 4 is 0 Å². The van der Waals surface area contributed by atoms with Crippen LogP contribution in [0.15, 0.2) is 0 Å². The van der Waals surface area contributed by atoms with Crippen LogP contribution in [0.25, 0.3) is 0 Å². The molecule has 3 nitrogen and oxygen atoms in total. The number of rotatable bonds is 8. The van der Waals surface area contributed by atoms with Crippen LogP contribution in [0.3, 0.4) is 0 Å². The SMILES string of the molecule is COCCCCCNCC1CCC2(CCCCC2)O1. The van der Waals surface area contributed by atoms with Crippen molar-refractivity contribution in [2.75, 3.05) is 26.8 Å². The van der Waals surface area contributed by atoms with Crippen LogP contribution in [0.2, 0.25) is 0 Å². The number of ether oxygens (including phenoxy) is 2. The summed E-state index contributed by atoms with van der Waals surface area (Å²) in [6, 6.07) is 0. The molecule has 1 spiro atoms. The van der Waals surface area contributed by atoms with Gasteiger partial charge in [-0.2, -0.15) is 0 Å². The van der Waals surface area contributed by atoms with Crippen LogP contribution in [0.5, 0.6) is 0 Å². The Morgan fingerprint density at radius 1 is 1.11 bits per heavy atom. The van der Waals surface area contributed by atoms with E-state index in [1.807, 2.05) is 0 Å². The molecule has 1 aliphatic carbocycles. The van der Waals surface area contributed by atoms with Gasteiger partial charge in [0.1, 0.15) is 0 Å². The highest BCUT2D eigenvalue weighted by molar-refractivity contribution is 4.91. The molecule has 2 aliphatic rings. The Labute approximate surface area is 118 Å². The second-order valence-electron chi connectivity index (χ2n) is 6.28. The maximum absolute atomic E-state index is 6.35. The van der Waals surface area contributed by atoms with Gasteiger partial charge in [-0.3, -0.25) is 0 Å². The van der Waals surface area contributed by atoms with Crippen LogP contribution in [0, 0.1) is 0 Å². The van der Waals surface area contributed by atoms with Gasteiger partial charge in [-0.15, -0.1) is 0 Å². The summed E-state index contributed by atoms with van der Waals surface area (Å²) in [5.74, 6) is 0. The maximum atomic E-state index is 6.35. The van der Waals surface area contributed by atoms with E-state index in [9.17, 15) is 0 Å². The van der Waals surface area contributed by atoms with Crippen LogP contribution in [-0.4, -0.2) is 38.5 Å². The summed E-state index contributed by atoms with van der Waals surface area (Å²) in [4.78, 5) is 0. The van der Waals surface area contributed by atoms with Crippen LogP contribution < -0.4 is 5.32 Å². The average Bonchev–Trinajstić information content (AvgIpc) is 2.81. The molecule has 1 N–H and O–H groups in total. The highest BCUT2D eigenvalue weighted by Gasteiger charge is 2.40. The summed E-state index contributed by atoms with van der Waals surface area (Å²) in [7, 11) is 1.77. The molecule has 2 fully saturated rings. The Morgan fingerprint density at radius 2 is 1.95 bits per heavy atom. The first kappa shape index (κ1) is 15.3. The molecule has 0 aromatic carbocycles. The van der Waals surface area contributed by atoms with Crippen LogP contribution in [0.4, 0.5) is 0 Å². The number of hydrogen-bond donors (Lipinski definition) is 1. The van der Waals surface area contributed by atoms with Gasteiger partial charge in [0.2, 0.25) is 0 Å². The lowest BCUT2D eigenvalue weighted by Crippen LogP contribution is -2.34. The number of methoxy groups -OCH3 is 1. The highest BCUT2D eigenvalue weighted by atomic mass is 16.5. The monoisotopic (exact) mass is 269 g/mol. The summed E-state index contributed by atoms with van der Waals surface area (Å²) in [6.07, 6.45) is 13.5. The van der Waals surface area contributed by atoms with E-state index in [0.29, 0.717) is 6.10 Å². The van der Waals surface area contributed by atoms with E-state index in [4.69, 9.17) is 9.47 Å². The Balaban J connectivity index is 1.51. The van der Waals surface area contributed by atoms with Crippen molar-refractivity contribution in [2.24, 2.45) is 0 Å². The predicted molar refractivity (Wildman–Crippen MR) is 78.5 cm³/mol. The predicted octanol–water partition coefficient (Wildman–Crippen LogP) is 3.27. The fourth-order valence-electron chi connectivity index (χ4n) is 3.54. The Hall–Kier alpha value is -0.120. The van der Waals surface area contributed by atoms with E-state index in [1.165, 1.54) is 64.2 Å². The zero-order valence-corrected chi connectivity index (χ0v) is 12.6. The summed E-state index contributed by atoms with van der Waals surface area (Å²) in [5.41, 5.74) is 0.281. The molecule has 1 atom stereocenters. The van der Waals surface area contributed by atoms with Crippen molar-refractivity contribution in [2.45, 2.75) is 75.9 Å². The van der Waals surface area contributed by atoms with Crippen molar-refractivity contribution in [3.8, 4) is 0 Å². The lowest BCUT2D eigenvalue weighted by atomic mass is 9.83. The second-order valence-corrected chi connectivity index (χ2v) is 6.28. The van der Waals surface area contributed by atoms with Crippen molar-refractivity contribution in [3.63, 3.8) is 0 Å². The van der Waals surface area contributed by atoms with Gasteiger partial charge in [-0.1, -0.05) is 19.3 Å². The molecule has 0 bridgehead atoms. The van der Waals surface area contributed by atoms with Gasteiger partial charge in [0.25, 0.3) is 0 Å². The van der Waals surface area contributed by atoms with Crippen molar-refractivity contribution in [3.05, 3.63) is 0 Å². The molecule has 3 heteroatoms. The van der Waals surface area contributed by atoms with E-state index >= 15 is 0 Å². The summed E-state index contributed by atoms with van der Waals surface area (Å²) >= 11 is 0. The van der Waals surface area contributed by atoms with Crippen molar-refractivity contribution in [1.29, 1.82) is 0 Å². The minimum absolute atomic E-state index is 0.281. The standard InChI is InChI=1S/C16H31NO2/c1-18-13-7-3-6-12-17-14-15-8-11-16(19-15)9-4-2-5-10-16/h15,17H,2-14H2,1H3. The summed E-state index contributed by atoms with van der Waals surface area (Å²) in [5, 5.41) is 3.56. The van der Waals surface area contributed by atoms with E-state index in [-0.39, 0.29) is 5.60 Å². The van der Waals surface area contributed by atoms with E-state index in [0.717, 1.165) is 19.7 Å². The van der Waals surface area contributed by atoms with Gasteiger partial charge in [-0.05, 0) is 51.5 Å². The molecule has 19 heavy (non-hydrogen) atoms. The molecule has 2 rings (SSSR count). The number of hydrogen-bond acceptors (Lipinski definition) is 3. The van der Waals surface area contributed by atoms with Gasteiger partial charge < -0.3 is 14.8 Å². The fraction of sp³-hybridized carbons (Fsp3) is 1.00. The molecule has 1 heterocycles. The normalized spacial score (nSPS) is 26.1. The molecule has 112 valence electrons. The van der Waals surface area contributed by atoms with Crippen LogP contribution in [0.1, 0.15) is 64.2 Å². The Morgan fingerprint density at radius 3 is 2.74 bits per heavy atom. The molecule has 0 aromatic rings. The highest BCUT2D eigenvalue weighted by Crippen LogP contribution is 2.41. The zero-order valence-electron chi connectivity index (χ0n) is 12.6. The van der Waals surface area contributed by atoms with Crippen LogP contribution in [-0.2, 0) is 9.47 Å². The molecular weight excluding hydrogens is 238 g/mol. The maximum Gasteiger partial charge on any atom is 0.0708 e. The third-order valence-electron chi connectivity index (χ3n) is 4.68. The number of nitrogens with one attached hydrogen (secondary N) is 1. The van der Waals surface area contributed by atoms with Crippen LogP contribution >= 0.6 is 0 Å². The minimum atomic E-state index is 0.281. The first-order chi connectivity index (χ1) is 9.35.